The van der Waals surface area contributed by atoms with E-state index >= 15 is 0 Å². The van der Waals surface area contributed by atoms with Crippen molar-refractivity contribution in [1.29, 1.82) is 0 Å². The van der Waals surface area contributed by atoms with Crippen molar-refractivity contribution >= 4 is 45.9 Å². The molecule has 0 unspecified atom stereocenters. The lowest BCUT2D eigenvalue weighted by Crippen LogP contribution is -1.84. The van der Waals surface area contributed by atoms with Crippen molar-refractivity contribution in [2.45, 2.75) is 4.90 Å². The highest BCUT2D eigenvalue weighted by molar-refractivity contribution is 8.08. The lowest BCUT2D eigenvalue weighted by Gasteiger charge is -2.10. The maximum absolute atomic E-state index is 6.64. The Balaban J connectivity index is 1.58. The fourth-order valence-electron chi connectivity index (χ4n) is 5.00. The average molecular weight is 479 g/mol. The normalized spacial score (nSPS) is 12.9. The van der Waals surface area contributed by atoms with E-state index < -0.39 is 0 Å². The summed E-state index contributed by atoms with van der Waals surface area (Å²) >= 11 is 1.82. The van der Waals surface area contributed by atoms with E-state index in [0.717, 1.165) is 27.9 Å². The van der Waals surface area contributed by atoms with Gasteiger partial charge in [0.05, 0.1) is 0 Å². The first-order valence-electron chi connectivity index (χ1n) is 12.1. The van der Waals surface area contributed by atoms with Crippen molar-refractivity contribution in [3.8, 4) is 22.5 Å². The molecule has 4 aromatic rings. The van der Waals surface area contributed by atoms with Crippen molar-refractivity contribution in [2.24, 2.45) is 0 Å². The maximum atomic E-state index is 6.64. The van der Waals surface area contributed by atoms with Crippen LogP contribution in [0.4, 0.5) is 0 Å². The molecule has 0 atom stereocenters. The Morgan fingerprint density at radius 2 is 1.36 bits per heavy atom. The first kappa shape index (κ1) is 21.0. The molecule has 7 rings (SSSR count). The molecule has 2 heterocycles. The summed E-state index contributed by atoms with van der Waals surface area (Å²) in [5.74, 6) is 0.933. The second-order valence-electron chi connectivity index (χ2n) is 8.95. The molecule has 0 amide bonds. The highest BCUT2D eigenvalue weighted by atomic mass is 32.2. The molecule has 2 aliphatic heterocycles. The van der Waals surface area contributed by atoms with Gasteiger partial charge in [-0.05, 0) is 46.5 Å². The second kappa shape index (κ2) is 8.75. The van der Waals surface area contributed by atoms with Crippen LogP contribution in [0.3, 0.4) is 0 Å². The van der Waals surface area contributed by atoms with Crippen molar-refractivity contribution in [2.75, 3.05) is 0 Å². The SMILES string of the molecule is C(=Cc1c2cc3ccccc3oc-2c2c1-c1ccccc1SC(c1ccccc1)=C2)c1ccccc1. The van der Waals surface area contributed by atoms with Gasteiger partial charge < -0.3 is 4.42 Å². The Kier molecular flexibility index (Phi) is 5.11. The van der Waals surface area contributed by atoms with E-state index in [0.29, 0.717) is 0 Å². The fraction of sp³-hybridized carbons (Fsp3) is 0. The Morgan fingerprint density at radius 3 is 2.22 bits per heavy atom. The van der Waals surface area contributed by atoms with Crippen LogP contribution in [0.25, 0.3) is 56.6 Å². The van der Waals surface area contributed by atoms with Gasteiger partial charge in [-0.25, -0.2) is 0 Å². The van der Waals surface area contributed by atoms with Crippen LogP contribution >= 0.6 is 11.8 Å². The van der Waals surface area contributed by atoms with Crippen molar-refractivity contribution in [1.82, 2.24) is 0 Å². The van der Waals surface area contributed by atoms with Crippen LogP contribution in [-0.4, -0.2) is 0 Å². The predicted molar refractivity (Wildman–Crippen MR) is 154 cm³/mol. The zero-order valence-corrected chi connectivity index (χ0v) is 20.3. The van der Waals surface area contributed by atoms with Gasteiger partial charge in [-0.15, -0.1) is 0 Å². The molecule has 0 radical (unpaired) electrons. The van der Waals surface area contributed by atoms with Gasteiger partial charge in [-0.1, -0.05) is 121 Å². The molecule has 1 nitrogen and oxygen atoms in total. The number of benzene rings is 4. The number of fused-ring (bicyclic) bond motifs is 6. The Bertz CT molecular complexity index is 1740. The average Bonchev–Trinajstić information content (AvgIpc) is 3.11. The lowest BCUT2D eigenvalue weighted by molar-refractivity contribution is 0.620. The number of hydrogen-bond donors (Lipinski definition) is 0. The molecule has 170 valence electrons. The molecule has 0 spiro atoms. The van der Waals surface area contributed by atoms with Crippen LogP contribution in [0.2, 0.25) is 0 Å². The molecule has 0 fully saturated rings. The van der Waals surface area contributed by atoms with E-state index in [4.69, 9.17) is 4.42 Å². The summed E-state index contributed by atoms with van der Waals surface area (Å²) in [6, 6.07) is 40.4. The van der Waals surface area contributed by atoms with E-state index in [1.54, 1.807) is 0 Å². The topological polar surface area (TPSA) is 13.1 Å². The molecule has 0 N–H and O–H groups in total. The van der Waals surface area contributed by atoms with E-state index in [1.807, 2.05) is 17.8 Å². The summed E-state index contributed by atoms with van der Waals surface area (Å²) in [5, 5.41) is 1.11. The monoisotopic (exact) mass is 478 g/mol. The molecule has 0 bridgehead atoms. The Morgan fingerprint density at radius 1 is 0.639 bits per heavy atom. The second-order valence-corrected chi connectivity index (χ2v) is 10.0. The van der Waals surface area contributed by atoms with Gasteiger partial charge in [0.25, 0.3) is 0 Å². The van der Waals surface area contributed by atoms with Gasteiger partial charge in [0.1, 0.15) is 11.3 Å². The molecule has 4 aromatic carbocycles. The third-order valence-corrected chi connectivity index (χ3v) is 7.85. The van der Waals surface area contributed by atoms with Gasteiger partial charge >= 0.3 is 0 Å². The van der Waals surface area contributed by atoms with Crippen LogP contribution in [0.15, 0.2) is 125 Å². The first-order valence-corrected chi connectivity index (χ1v) is 12.9. The minimum absolute atomic E-state index is 0.899. The molecule has 0 saturated heterocycles. The number of thioether (sulfide) groups is 1. The van der Waals surface area contributed by atoms with E-state index in [1.165, 1.54) is 37.6 Å². The van der Waals surface area contributed by atoms with E-state index in [2.05, 4.69) is 127 Å². The van der Waals surface area contributed by atoms with Gasteiger partial charge in [0.15, 0.2) is 0 Å². The van der Waals surface area contributed by atoms with Gasteiger partial charge in [-0.3, -0.25) is 0 Å². The maximum Gasteiger partial charge on any atom is 0.143 e. The predicted octanol–water partition coefficient (Wildman–Crippen LogP) is 9.98. The number of hydrogen-bond acceptors (Lipinski definition) is 2. The van der Waals surface area contributed by atoms with Gasteiger partial charge in [0, 0.05) is 31.9 Å². The van der Waals surface area contributed by atoms with Crippen LogP contribution in [0, 0.1) is 0 Å². The van der Waals surface area contributed by atoms with Gasteiger partial charge in [-0.2, -0.15) is 0 Å². The highest BCUT2D eigenvalue weighted by Crippen LogP contribution is 2.53. The van der Waals surface area contributed by atoms with E-state index in [-0.39, 0.29) is 0 Å². The van der Waals surface area contributed by atoms with Crippen LogP contribution in [-0.2, 0) is 0 Å². The van der Waals surface area contributed by atoms with Gasteiger partial charge in [0.2, 0.25) is 0 Å². The Hall–Kier alpha value is -4.27. The Labute approximate surface area is 214 Å². The molecule has 0 saturated carbocycles. The smallest absolute Gasteiger partial charge is 0.143 e. The molecular formula is C34H22OS. The first-order chi connectivity index (χ1) is 17.8. The molecule has 36 heavy (non-hydrogen) atoms. The minimum atomic E-state index is 0.899. The lowest BCUT2D eigenvalue weighted by atomic mass is 9.99. The van der Waals surface area contributed by atoms with Crippen molar-refractivity contribution < 1.29 is 4.42 Å². The molecule has 2 heteroatoms. The van der Waals surface area contributed by atoms with E-state index in [9.17, 15) is 0 Å². The standard InChI is InChI=1S/C34H22OS/c1-3-11-23(12-4-1)19-20-26-28-21-25-15-7-9-17-30(25)35-34(28)29-22-32(24-13-5-2-6-14-24)36-31-18-10-8-16-27(31)33(26)29/h1-22H. The molecule has 1 aliphatic carbocycles. The van der Waals surface area contributed by atoms with Crippen LogP contribution in [0.1, 0.15) is 22.3 Å². The van der Waals surface area contributed by atoms with Crippen LogP contribution in [0.5, 0.6) is 0 Å². The molecule has 0 aromatic heterocycles. The highest BCUT2D eigenvalue weighted by Gasteiger charge is 2.29. The number of rotatable bonds is 3. The summed E-state index contributed by atoms with van der Waals surface area (Å²) in [4.78, 5) is 2.47. The quantitative estimate of drug-likeness (QED) is 0.251. The van der Waals surface area contributed by atoms with Crippen molar-refractivity contribution in [3.05, 3.63) is 138 Å². The third-order valence-electron chi connectivity index (χ3n) is 6.70. The summed E-state index contributed by atoms with van der Waals surface area (Å²) in [6.45, 7) is 0. The number of para-hydroxylation sites is 1. The largest absolute Gasteiger partial charge is 0.455 e. The fourth-order valence-corrected chi connectivity index (χ4v) is 6.10. The summed E-state index contributed by atoms with van der Waals surface area (Å²) in [6.07, 6.45) is 6.77. The molecule has 3 aliphatic rings. The molecular weight excluding hydrogens is 456 g/mol. The van der Waals surface area contributed by atoms with Crippen molar-refractivity contribution in [3.63, 3.8) is 0 Å². The van der Waals surface area contributed by atoms with Crippen LogP contribution < -0.4 is 0 Å². The zero-order chi connectivity index (χ0) is 23.9. The summed E-state index contributed by atoms with van der Waals surface area (Å²) < 4.78 is 6.64. The summed E-state index contributed by atoms with van der Waals surface area (Å²) in [5.41, 5.74) is 9.22. The minimum Gasteiger partial charge on any atom is -0.455 e. The summed E-state index contributed by atoms with van der Waals surface area (Å²) in [7, 11) is 0. The zero-order valence-electron chi connectivity index (χ0n) is 19.5. The third kappa shape index (κ3) is 3.59.